The van der Waals surface area contributed by atoms with E-state index in [1.54, 1.807) is 0 Å². The number of benzene rings is 1. The van der Waals surface area contributed by atoms with Gasteiger partial charge in [-0.25, -0.2) is 9.50 Å². The summed E-state index contributed by atoms with van der Waals surface area (Å²) in [5, 5.41) is 4.41. The Morgan fingerprint density at radius 1 is 0.923 bits per heavy atom. The van der Waals surface area contributed by atoms with Gasteiger partial charge in [-0.05, 0) is 50.5 Å². The second-order valence-electron chi connectivity index (χ2n) is 7.12. The highest BCUT2D eigenvalue weighted by molar-refractivity contribution is 5.45. The lowest BCUT2D eigenvalue weighted by atomic mass is 10.1. The van der Waals surface area contributed by atoms with Gasteiger partial charge < -0.3 is 4.90 Å². The highest BCUT2D eigenvalue weighted by Gasteiger charge is 2.16. The summed E-state index contributed by atoms with van der Waals surface area (Å²) in [5.41, 5.74) is 3.66. The Morgan fingerprint density at radius 3 is 2.69 bits per heavy atom. The van der Waals surface area contributed by atoms with E-state index in [1.807, 2.05) is 29.2 Å². The van der Waals surface area contributed by atoms with E-state index in [4.69, 9.17) is 0 Å². The number of hydrogen-bond acceptors (Lipinski definition) is 4. The van der Waals surface area contributed by atoms with Crippen molar-refractivity contribution in [3.8, 4) is 0 Å². The van der Waals surface area contributed by atoms with Crippen molar-refractivity contribution in [1.82, 2.24) is 24.4 Å². The lowest BCUT2D eigenvalue weighted by molar-refractivity contribution is 0.250. The molecule has 1 saturated heterocycles. The van der Waals surface area contributed by atoms with Crippen LogP contribution in [0.25, 0.3) is 5.65 Å². The van der Waals surface area contributed by atoms with Crippen molar-refractivity contribution in [3.63, 3.8) is 0 Å². The quantitative estimate of drug-likeness (QED) is 0.686. The number of aromatic nitrogens is 3. The maximum Gasteiger partial charge on any atom is 0.159 e. The first kappa shape index (κ1) is 17.2. The molecule has 0 atom stereocenters. The number of rotatable bonds is 6. The molecule has 3 heterocycles. The van der Waals surface area contributed by atoms with E-state index in [0.717, 1.165) is 31.8 Å². The van der Waals surface area contributed by atoms with Gasteiger partial charge in [0.15, 0.2) is 5.65 Å². The average molecular weight is 349 g/mol. The summed E-state index contributed by atoms with van der Waals surface area (Å²) >= 11 is 0. The van der Waals surface area contributed by atoms with Crippen LogP contribution < -0.4 is 0 Å². The molecule has 0 spiro atoms. The van der Waals surface area contributed by atoms with Crippen molar-refractivity contribution in [3.05, 3.63) is 66.1 Å². The molecule has 0 N–H and O–H groups in total. The molecule has 5 nitrogen and oxygen atoms in total. The zero-order chi connectivity index (χ0) is 17.6. The van der Waals surface area contributed by atoms with Gasteiger partial charge in [0.2, 0.25) is 0 Å². The summed E-state index contributed by atoms with van der Waals surface area (Å²) in [6.45, 7) is 6.77. The van der Waals surface area contributed by atoms with E-state index in [9.17, 15) is 0 Å². The first-order chi connectivity index (χ1) is 12.9. The largest absolute Gasteiger partial charge is 0.302 e. The smallest absolute Gasteiger partial charge is 0.159 e. The molecular formula is C21H27N5. The van der Waals surface area contributed by atoms with Gasteiger partial charge in [-0.1, -0.05) is 30.3 Å². The molecule has 0 bridgehead atoms. The SMILES string of the molecule is c1ccc(CCCN2CCCN(Cc3cnn4cccnc34)CC2)cc1. The summed E-state index contributed by atoms with van der Waals surface area (Å²) in [4.78, 5) is 9.64. The van der Waals surface area contributed by atoms with E-state index in [0.29, 0.717) is 0 Å². The van der Waals surface area contributed by atoms with Crippen molar-refractivity contribution in [2.75, 3.05) is 32.7 Å². The second-order valence-corrected chi connectivity index (χ2v) is 7.12. The van der Waals surface area contributed by atoms with Gasteiger partial charge in [-0.15, -0.1) is 0 Å². The van der Waals surface area contributed by atoms with E-state index in [1.165, 1.54) is 43.5 Å². The fourth-order valence-corrected chi connectivity index (χ4v) is 3.79. The van der Waals surface area contributed by atoms with Gasteiger partial charge in [0.1, 0.15) is 0 Å². The summed E-state index contributed by atoms with van der Waals surface area (Å²) < 4.78 is 1.86. The molecule has 0 amide bonds. The Labute approximate surface area is 155 Å². The van der Waals surface area contributed by atoms with E-state index >= 15 is 0 Å². The zero-order valence-corrected chi connectivity index (χ0v) is 15.3. The second kappa shape index (κ2) is 8.43. The van der Waals surface area contributed by atoms with Crippen LogP contribution in [0, 0.1) is 0 Å². The molecule has 26 heavy (non-hydrogen) atoms. The Bertz CT molecular complexity index is 813. The molecule has 1 aromatic carbocycles. The topological polar surface area (TPSA) is 36.7 Å². The molecule has 0 unspecified atom stereocenters. The summed E-state index contributed by atoms with van der Waals surface area (Å²) in [5.74, 6) is 0. The number of aryl methyl sites for hydroxylation is 1. The lowest BCUT2D eigenvalue weighted by Crippen LogP contribution is -2.31. The van der Waals surface area contributed by atoms with Crippen LogP contribution in [0.4, 0.5) is 0 Å². The van der Waals surface area contributed by atoms with Gasteiger partial charge in [0.25, 0.3) is 0 Å². The molecular weight excluding hydrogens is 322 g/mol. The fraction of sp³-hybridized carbons (Fsp3) is 0.429. The highest BCUT2D eigenvalue weighted by atomic mass is 15.3. The minimum Gasteiger partial charge on any atom is -0.302 e. The normalized spacial score (nSPS) is 16.8. The Balaban J connectivity index is 1.27. The third-order valence-electron chi connectivity index (χ3n) is 5.21. The Hall–Kier alpha value is -2.24. The summed E-state index contributed by atoms with van der Waals surface area (Å²) in [6, 6.07) is 12.7. The highest BCUT2D eigenvalue weighted by Crippen LogP contribution is 2.13. The van der Waals surface area contributed by atoms with Crippen molar-refractivity contribution in [2.24, 2.45) is 0 Å². The summed E-state index contributed by atoms with van der Waals surface area (Å²) in [7, 11) is 0. The van der Waals surface area contributed by atoms with Gasteiger partial charge in [-0.3, -0.25) is 4.90 Å². The monoisotopic (exact) mass is 349 g/mol. The lowest BCUT2D eigenvalue weighted by Gasteiger charge is -2.21. The van der Waals surface area contributed by atoms with Gasteiger partial charge in [0, 0.05) is 37.6 Å². The minimum absolute atomic E-state index is 0.943. The van der Waals surface area contributed by atoms with E-state index < -0.39 is 0 Å². The molecule has 3 aromatic rings. The molecule has 4 rings (SSSR count). The zero-order valence-electron chi connectivity index (χ0n) is 15.3. The molecule has 1 fully saturated rings. The molecule has 0 radical (unpaired) electrons. The molecule has 1 aliphatic heterocycles. The average Bonchev–Trinajstić information content (AvgIpc) is 2.95. The molecule has 5 heteroatoms. The van der Waals surface area contributed by atoms with Crippen LogP contribution in [-0.4, -0.2) is 57.1 Å². The predicted molar refractivity (Wildman–Crippen MR) is 104 cm³/mol. The van der Waals surface area contributed by atoms with Crippen LogP contribution >= 0.6 is 0 Å². The van der Waals surface area contributed by atoms with Crippen LogP contribution in [-0.2, 0) is 13.0 Å². The first-order valence-electron chi connectivity index (χ1n) is 9.64. The summed E-state index contributed by atoms with van der Waals surface area (Å²) in [6.07, 6.45) is 9.42. The predicted octanol–water partition coefficient (Wildman–Crippen LogP) is 2.87. The van der Waals surface area contributed by atoms with Gasteiger partial charge in [0.05, 0.1) is 6.20 Å². The van der Waals surface area contributed by atoms with Crippen LogP contribution in [0.15, 0.2) is 55.0 Å². The van der Waals surface area contributed by atoms with Crippen LogP contribution in [0.5, 0.6) is 0 Å². The first-order valence-corrected chi connectivity index (χ1v) is 9.64. The third kappa shape index (κ3) is 4.29. The number of fused-ring (bicyclic) bond motifs is 1. The third-order valence-corrected chi connectivity index (χ3v) is 5.21. The minimum atomic E-state index is 0.943. The Kier molecular flexibility index (Phi) is 5.57. The van der Waals surface area contributed by atoms with Gasteiger partial charge in [-0.2, -0.15) is 5.10 Å². The maximum atomic E-state index is 4.48. The molecule has 0 aliphatic carbocycles. The maximum absolute atomic E-state index is 4.48. The van der Waals surface area contributed by atoms with Crippen molar-refractivity contribution in [2.45, 2.75) is 25.8 Å². The number of nitrogens with zero attached hydrogens (tertiary/aromatic N) is 5. The van der Waals surface area contributed by atoms with Crippen LogP contribution in [0.1, 0.15) is 24.0 Å². The molecule has 136 valence electrons. The Morgan fingerprint density at radius 2 is 1.77 bits per heavy atom. The standard InChI is InChI=1S/C21H27N5/c1-2-7-19(8-3-1)9-4-11-24-12-6-13-25(16-15-24)18-20-17-23-26-14-5-10-22-21(20)26/h1-3,5,7-8,10,14,17H,4,6,9,11-13,15-16,18H2. The molecule has 1 aliphatic rings. The van der Waals surface area contributed by atoms with Crippen LogP contribution in [0.3, 0.4) is 0 Å². The van der Waals surface area contributed by atoms with Gasteiger partial charge >= 0.3 is 0 Å². The van der Waals surface area contributed by atoms with Crippen molar-refractivity contribution >= 4 is 5.65 Å². The number of hydrogen-bond donors (Lipinski definition) is 0. The van der Waals surface area contributed by atoms with Crippen LogP contribution in [0.2, 0.25) is 0 Å². The molecule has 0 saturated carbocycles. The fourth-order valence-electron chi connectivity index (χ4n) is 3.79. The van der Waals surface area contributed by atoms with Crippen molar-refractivity contribution < 1.29 is 0 Å². The van der Waals surface area contributed by atoms with Crippen molar-refractivity contribution in [1.29, 1.82) is 0 Å². The van der Waals surface area contributed by atoms with E-state index in [-0.39, 0.29) is 0 Å². The van der Waals surface area contributed by atoms with E-state index in [2.05, 4.69) is 50.2 Å². The molecule has 2 aromatic heterocycles.